The van der Waals surface area contributed by atoms with Gasteiger partial charge in [-0.05, 0) is 18.1 Å². The van der Waals surface area contributed by atoms with Crippen molar-refractivity contribution in [3.8, 4) is 17.6 Å². The molecule has 80 valence electrons. The first-order chi connectivity index (χ1) is 6.95. The number of rotatable bonds is 0. The zero-order chi connectivity index (χ0) is 11.5. The van der Waals surface area contributed by atoms with Crippen molar-refractivity contribution in [2.24, 2.45) is 0 Å². The van der Waals surface area contributed by atoms with Gasteiger partial charge in [0.2, 0.25) is 0 Å². The third-order valence-corrected chi connectivity index (χ3v) is 1.54. The molecule has 1 aromatic rings. The highest BCUT2D eigenvalue weighted by Gasteiger charge is 2.36. The van der Waals surface area contributed by atoms with Gasteiger partial charge in [0.15, 0.2) is 5.69 Å². The lowest BCUT2D eigenvalue weighted by molar-refractivity contribution is -0.142. The van der Waals surface area contributed by atoms with Gasteiger partial charge in [0.05, 0.1) is 0 Å². The molecular weight excluding hydrogens is 207 g/mol. The van der Waals surface area contributed by atoms with Gasteiger partial charge in [-0.1, -0.05) is 12.8 Å². The van der Waals surface area contributed by atoms with Crippen LogP contribution in [0.3, 0.4) is 0 Å². The molecule has 1 heterocycles. The molecule has 0 unspecified atom stereocenters. The number of aromatic hydroxyl groups is 1. The van der Waals surface area contributed by atoms with Gasteiger partial charge in [-0.2, -0.15) is 13.2 Å². The lowest BCUT2D eigenvalue weighted by Crippen LogP contribution is -2.09. The molecule has 0 spiro atoms. The van der Waals surface area contributed by atoms with Crippen LogP contribution in [0.5, 0.6) is 5.75 Å². The molecule has 0 saturated carbocycles. The number of alkyl halides is 3. The van der Waals surface area contributed by atoms with E-state index in [0.29, 0.717) is 6.42 Å². The zero-order valence-electron chi connectivity index (χ0n) is 7.89. The van der Waals surface area contributed by atoms with Gasteiger partial charge in [0.1, 0.15) is 11.4 Å². The van der Waals surface area contributed by atoms with Gasteiger partial charge in [-0.15, -0.1) is 0 Å². The SMILES string of the molecule is CCC#Cc1ccc(O)c(C(F)(F)F)n1. The van der Waals surface area contributed by atoms with Crippen LogP contribution in [0, 0.1) is 11.8 Å². The summed E-state index contributed by atoms with van der Waals surface area (Å²) < 4.78 is 36.8. The van der Waals surface area contributed by atoms with Gasteiger partial charge in [-0.3, -0.25) is 0 Å². The molecule has 0 radical (unpaired) electrons. The molecule has 0 amide bonds. The van der Waals surface area contributed by atoms with E-state index in [1.165, 1.54) is 6.07 Å². The lowest BCUT2D eigenvalue weighted by Gasteiger charge is -2.07. The molecule has 0 fully saturated rings. The third kappa shape index (κ3) is 2.88. The second-order valence-corrected chi connectivity index (χ2v) is 2.72. The number of hydrogen-bond donors (Lipinski definition) is 1. The molecule has 0 aliphatic rings. The van der Waals surface area contributed by atoms with Crippen LogP contribution in [0.15, 0.2) is 12.1 Å². The normalized spacial score (nSPS) is 10.7. The summed E-state index contributed by atoms with van der Waals surface area (Å²) >= 11 is 0. The molecule has 0 saturated heterocycles. The fourth-order valence-electron chi connectivity index (χ4n) is 0.909. The van der Waals surface area contributed by atoms with Crippen molar-refractivity contribution in [1.82, 2.24) is 4.98 Å². The Hall–Kier alpha value is -1.70. The summed E-state index contributed by atoms with van der Waals surface area (Å²) in [6.45, 7) is 1.78. The maximum Gasteiger partial charge on any atom is 0.437 e. The summed E-state index contributed by atoms with van der Waals surface area (Å²) in [4.78, 5) is 3.23. The number of aromatic nitrogens is 1. The van der Waals surface area contributed by atoms with Crippen LogP contribution < -0.4 is 0 Å². The van der Waals surface area contributed by atoms with Crippen LogP contribution in [0.4, 0.5) is 13.2 Å². The largest absolute Gasteiger partial charge is 0.506 e. The highest BCUT2D eigenvalue weighted by Crippen LogP contribution is 2.33. The average molecular weight is 215 g/mol. The van der Waals surface area contributed by atoms with Crippen molar-refractivity contribution >= 4 is 0 Å². The van der Waals surface area contributed by atoms with E-state index in [2.05, 4.69) is 16.8 Å². The van der Waals surface area contributed by atoms with Gasteiger partial charge in [0.25, 0.3) is 0 Å². The first-order valence-corrected chi connectivity index (χ1v) is 4.21. The second-order valence-electron chi connectivity index (χ2n) is 2.72. The number of pyridine rings is 1. The van der Waals surface area contributed by atoms with Crippen molar-refractivity contribution in [3.63, 3.8) is 0 Å². The first kappa shape index (κ1) is 11.4. The van der Waals surface area contributed by atoms with E-state index in [1.54, 1.807) is 6.92 Å². The van der Waals surface area contributed by atoms with Crippen LogP contribution in [0.2, 0.25) is 0 Å². The molecule has 0 aliphatic heterocycles. The molecule has 1 aromatic heterocycles. The summed E-state index contributed by atoms with van der Waals surface area (Å²) in [5, 5.41) is 8.97. The van der Waals surface area contributed by atoms with E-state index in [-0.39, 0.29) is 5.69 Å². The molecule has 0 bridgehead atoms. The summed E-state index contributed by atoms with van der Waals surface area (Å²) in [5.74, 6) is 4.18. The van der Waals surface area contributed by atoms with Gasteiger partial charge < -0.3 is 5.11 Å². The van der Waals surface area contributed by atoms with Gasteiger partial charge >= 0.3 is 6.18 Å². The Labute approximate surface area is 84.8 Å². The Balaban J connectivity index is 3.17. The predicted molar refractivity (Wildman–Crippen MR) is 48.1 cm³/mol. The van der Waals surface area contributed by atoms with E-state index < -0.39 is 17.6 Å². The smallest absolute Gasteiger partial charge is 0.437 e. The minimum absolute atomic E-state index is 0.00183. The summed E-state index contributed by atoms with van der Waals surface area (Å²) in [6.07, 6.45) is -4.13. The van der Waals surface area contributed by atoms with Crippen molar-refractivity contribution < 1.29 is 18.3 Å². The predicted octanol–water partition coefficient (Wildman–Crippen LogP) is 2.57. The minimum Gasteiger partial charge on any atom is -0.506 e. The van der Waals surface area contributed by atoms with Crippen LogP contribution in [-0.2, 0) is 6.18 Å². The Bertz CT molecular complexity index is 415. The van der Waals surface area contributed by atoms with Crippen molar-refractivity contribution in [2.45, 2.75) is 19.5 Å². The standard InChI is InChI=1S/C10H8F3NO/c1-2-3-4-7-5-6-8(15)9(14-7)10(11,12)13/h5-6,15H,2H2,1H3. The van der Waals surface area contributed by atoms with Crippen LogP contribution in [0.25, 0.3) is 0 Å². The molecular formula is C10H8F3NO. The Morgan fingerprint density at radius 3 is 2.60 bits per heavy atom. The summed E-state index contributed by atoms with van der Waals surface area (Å²) in [6, 6.07) is 2.18. The topological polar surface area (TPSA) is 33.1 Å². The average Bonchev–Trinajstić information content (AvgIpc) is 2.15. The number of nitrogens with zero attached hydrogens (tertiary/aromatic N) is 1. The lowest BCUT2D eigenvalue weighted by atomic mass is 10.2. The van der Waals surface area contributed by atoms with Crippen molar-refractivity contribution in [1.29, 1.82) is 0 Å². The maximum atomic E-state index is 12.3. The molecule has 2 nitrogen and oxygen atoms in total. The molecule has 15 heavy (non-hydrogen) atoms. The van der Waals surface area contributed by atoms with Crippen molar-refractivity contribution in [2.75, 3.05) is 0 Å². The van der Waals surface area contributed by atoms with Crippen LogP contribution in [-0.4, -0.2) is 10.1 Å². The number of hydrogen-bond acceptors (Lipinski definition) is 2. The maximum absolute atomic E-state index is 12.3. The molecule has 1 rings (SSSR count). The van der Waals surface area contributed by atoms with E-state index >= 15 is 0 Å². The van der Waals surface area contributed by atoms with E-state index in [1.807, 2.05) is 0 Å². The minimum atomic E-state index is -4.66. The van der Waals surface area contributed by atoms with Crippen molar-refractivity contribution in [3.05, 3.63) is 23.5 Å². The molecule has 0 atom stereocenters. The fraction of sp³-hybridized carbons (Fsp3) is 0.300. The summed E-state index contributed by atoms with van der Waals surface area (Å²) in [5.41, 5.74) is -1.30. The van der Waals surface area contributed by atoms with E-state index in [0.717, 1.165) is 6.07 Å². The van der Waals surface area contributed by atoms with Crippen LogP contribution >= 0.6 is 0 Å². The highest BCUT2D eigenvalue weighted by molar-refractivity contribution is 5.36. The first-order valence-electron chi connectivity index (χ1n) is 4.21. The summed E-state index contributed by atoms with van der Waals surface area (Å²) in [7, 11) is 0. The second kappa shape index (κ2) is 4.22. The van der Waals surface area contributed by atoms with E-state index in [9.17, 15) is 13.2 Å². The molecule has 0 aromatic carbocycles. The third-order valence-electron chi connectivity index (χ3n) is 1.54. The molecule has 0 aliphatic carbocycles. The molecule has 1 N–H and O–H groups in total. The van der Waals surface area contributed by atoms with Gasteiger partial charge in [-0.25, -0.2) is 4.98 Å². The fourth-order valence-corrected chi connectivity index (χ4v) is 0.909. The molecule has 5 heteroatoms. The van der Waals surface area contributed by atoms with Gasteiger partial charge in [0, 0.05) is 6.42 Å². The van der Waals surface area contributed by atoms with Crippen LogP contribution in [0.1, 0.15) is 24.7 Å². The highest BCUT2D eigenvalue weighted by atomic mass is 19.4. The Morgan fingerprint density at radius 1 is 1.40 bits per heavy atom. The number of halogens is 3. The monoisotopic (exact) mass is 215 g/mol. The zero-order valence-corrected chi connectivity index (χ0v) is 7.89. The Morgan fingerprint density at radius 2 is 2.07 bits per heavy atom. The Kier molecular flexibility index (Phi) is 3.20. The quantitative estimate of drug-likeness (QED) is 0.674. The van der Waals surface area contributed by atoms with E-state index in [4.69, 9.17) is 5.11 Å².